The van der Waals surface area contributed by atoms with Crippen molar-refractivity contribution in [2.24, 2.45) is 0 Å². The Morgan fingerprint density at radius 3 is 2.75 bits per heavy atom. The summed E-state index contributed by atoms with van der Waals surface area (Å²) in [5.74, 6) is 1.42. The number of fused-ring (bicyclic) bond motifs is 1. The van der Waals surface area contributed by atoms with E-state index in [2.05, 4.69) is 28.3 Å². The zero-order chi connectivity index (χ0) is 25.3. The van der Waals surface area contributed by atoms with Crippen LogP contribution in [0.4, 0.5) is 0 Å². The lowest BCUT2D eigenvalue weighted by molar-refractivity contribution is 0.0562. The maximum absolute atomic E-state index is 13.6. The molecule has 1 aromatic heterocycles. The Bertz CT molecular complexity index is 1260. The molecule has 3 aromatic rings. The van der Waals surface area contributed by atoms with Gasteiger partial charge in [-0.3, -0.25) is 9.78 Å². The van der Waals surface area contributed by atoms with E-state index in [-0.39, 0.29) is 11.6 Å². The molecule has 8 heteroatoms. The van der Waals surface area contributed by atoms with Crippen LogP contribution in [0.25, 0.3) is 10.9 Å². The monoisotopic (exact) mass is 505 g/mol. The average Bonchev–Trinajstić information content (AvgIpc) is 3.64. The third-order valence-electron chi connectivity index (χ3n) is 7.53. The second-order valence-corrected chi connectivity index (χ2v) is 11.2. The molecule has 2 aliphatic rings. The van der Waals surface area contributed by atoms with Crippen molar-refractivity contribution in [2.45, 2.75) is 43.5 Å². The van der Waals surface area contributed by atoms with Crippen LogP contribution in [0.1, 0.15) is 40.7 Å². The van der Waals surface area contributed by atoms with Gasteiger partial charge in [0.2, 0.25) is 0 Å². The summed E-state index contributed by atoms with van der Waals surface area (Å²) >= 11 is 0. The molecule has 2 atom stereocenters. The number of benzene rings is 2. The lowest BCUT2D eigenvalue weighted by Crippen LogP contribution is -2.53. The highest BCUT2D eigenvalue weighted by Gasteiger charge is 2.47. The maximum atomic E-state index is 13.6. The predicted octanol–water partition coefficient (Wildman–Crippen LogP) is 2.76. The number of hydrogen-bond acceptors (Lipinski definition) is 6. The van der Waals surface area contributed by atoms with Crippen LogP contribution in [0, 0.1) is 6.92 Å². The molecule has 0 radical (unpaired) electrons. The highest BCUT2D eigenvalue weighted by molar-refractivity contribution is 6.11. The van der Waals surface area contributed by atoms with Crippen LogP contribution in [0.2, 0.25) is 0 Å². The van der Waals surface area contributed by atoms with Gasteiger partial charge in [-0.2, -0.15) is 0 Å². The van der Waals surface area contributed by atoms with Gasteiger partial charge < -0.3 is 24.4 Å². The van der Waals surface area contributed by atoms with Gasteiger partial charge in [0.05, 0.1) is 33.6 Å². The molecule has 1 aliphatic carbocycles. The fourth-order valence-electron chi connectivity index (χ4n) is 5.09. The summed E-state index contributed by atoms with van der Waals surface area (Å²) in [5, 5.41) is 4.39. The van der Waals surface area contributed by atoms with Crippen LogP contribution in [0.3, 0.4) is 0 Å². The van der Waals surface area contributed by atoms with Gasteiger partial charge in [0.15, 0.2) is 0 Å². The van der Waals surface area contributed by atoms with Gasteiger partial charge in [0.25, 0.3) is 5.91 Å². The minimum atomic E-state index is -0.433. The van der Waals surface area contributed by atoms with E-state index in [1.54, 1.807) is 13.3 Å². The number of methoxy groups -OCH3 is 1. The predicted molar refractivity (Wildman–Crippen MR) is 144 cm³/mol. The van der Waals surface area contributed by atoms with Crippen LogP contribution in [-0.4, -0.2) is 71.7 Å². The topological polar surface area (TPSA) is 72.9 Å². The fourth-order valence-corrected chi connectivity index (χ4v) is 6.21. The molecule has 7 nitrogen and oxygen atoms in total. The van der Waals surface area contributed by atoms with Gasteiger partial charge in [-0.1, -0.05) is 12.1 Å². The van der Waals surface area contributed by atoms with Gasteiger partial charge >= 0.3 is 0 Å². The number of carbonyl (C=O) groups is 1. The van der Waals surface area contributed by atoms with E-state index in [0.717, 1.165) is 63.2 Å². The molecule has 0 bridgehead atoms. The van der Waals surface area contributed by atoms with Crippen LogP contribution in [0.15, 0.2) is 48.7 Å². The van der Waals surface area contributed by atoms with Crippen molar-refractivity contribution in [1.82, 2.24) is 15.2 Å². The molecular weight excluding hydrogens is 470 g/mol. The van der Waals surface area contributed by atoms with Crippen molar-refractivity contribution in [1.29, 1.82) is 0 Å². The smallest absolute Gasteiger partial charge is 0.252 e. The van der Waals surface area contributed by atoms with E-state index in [1.807, 2.05) is 43.3 Å². The summed E-state index contributed by atoms with van der Waals surface area (Å²) in [7, 11) is 4.73. The Hall–Kier alpha value is -2.94. The molecule has 2 aromatic carbocycles. The summed E-state index contributed by atoms with van der Waals surface area (Å²) in [4.78, 5) is 20.5. The number of aromatic nitrogens is 1. The first-order valence-electron chi connectivity index (χ1n) is 12.7. The van der Waals surface area contributed by atoms with E-state index >= 15 is 0 Å². The minimum Gasteiger partial charge on any atom is -0.494 e. The van der Waals surface area contributed by atoms with Gasteiger partial charge in [0.1, 0.15) is 18.1 Å². The molecule has 1 saturated heterocycles. The summed E-state index contributed by atoms with van der Waals surface area (Å²) in [6.45, 7) is 4.06. The molecule has 190 valence electrons. The van der Waals surface area contributed by atoms with Crippen LogP contribution in [0.5, 0.6) is 11.5 Å². The number of pyridine rings is 1. The molecule has 1 amide bonds. The minimum absolute atomic E-state index is 0.0798. The van der Waals surface area contributed by atoms with E-state index in [1.165, 1.54) is 6.42 Å². The van der Waals surface area contributed by atoms with Gasteiger partial charge in [0, 0.05) is 36.4 Å². The molecule has 1 aliphatic heterocycles. The molecule has 1 saturated carbocycles. The van der Waals surface area contributed by atoms with Gasteiger partial charge in [-0.05, 0) is 75.2 Å². The summed E-state index contributed by atoms with van der Waals surface area (Å²) in [6.07, 6.45) is 4.69. The quantitative estimate of drug-likeness (QED) is 0.338. The number of nitrogens with one attached hydrogen (secondary N) is 1. The highest BCUT2D eigenvalue weighted by atomic mass is 28.1. The molecule has 1 unspecified atom stereocenters. The van der Waals surface area contributed by atoms with Crippen molar-refractivity contribution in [3.63, 3.8) is 0 Å². The van der Waals surface area contributed by atoms with Crippen LogP contribution in [-0.2, 0) is 10.3 Å². The number of nitrogens with zero attached hydrogens (tertiary/aromatic N) is 2. The van der Waals surface area contributed by atoms with E-state index in [9.17, 15) is 4.79 Å². The van der Waals surface area contributed by atoms with Crippen molar-refractivity contribution < 1.29 is 19.0 Å². The van der Waals surface area contributed by atoms with Crippen molar-refractivity contribution >= 4 is 27.1 Å². The number of amides is 1. The zero-order valence-corrected chi connectivity index (χ0v) is 23.5. The summed E-state index contributed by atoms with van der Waals surface area (Å²) in [6, 6.07) is 14.3. The molecule has 1 N–H and O–H groups in total. The average molecular weight is 506 g/mol. The molecular formula is C28H35N3O4Si. The zero-order valence-electron chi connectivity index (χ0n) is 21.5. The number of carbonyl (C=O) groups excluding carboxylic acids is 1. The molecule has 2 heterocycles. The SMILES string of the molecule is COCCOc1cc(C2(NC(=O)c3cc(OC([SiH3])[C@@H]4CCN4C)ccc3C)CC2)c2cccnc2c1. The van der Waals surface area contributed by atoms with E-state index in [0.29, 0.717) is 24.8 Å². The van der Waals surface area contributed by atoms with Crippen LogP contribution >= 0.6 is 0 Å². The van der Waals surface area contributed by atoms with Crippen molar-refractivity contribution in [2.75, 3.05) is 33.9 Å². The lowest BCUT2D eigenvalue weighted by atomic mass is 9.97. The number of rotatable bonds is 10. The third kappa shape index (κ3) is 4.98. The Labute approximate surface area is 215 Å². The Morgan fingerprint density at radius 1 is 1.22 bits per heavy atom. The summed E-state index contributed by atoms with van der Waals surface area (Å²) in [5.41, 5.74) is 3.27. The molecule has 2 fully saturated rings. The van der Waals surface area contributed by atoms with Crippen LogP contribution < -0.4 is 14.8 Å². The number of likely N-dealkylation sites (tertiary alicyclic amines) is 1. The molecule has 5 rings (SSSR count). The van der Waals surface area contributed by atoms with E-state index < -0.39 is 5.54 Å². The first-order valence-corrected chi connectivity index (χ1v) is 13.9. The standard InChI is InChI=1S/C28H35N3O4Si/c1-18-6-7-19(35-27(36)25-8-12-31(25)2)15-22(18)26(32)30-28(9-10-28)23-16-20(34-14-13-33-3)17-24-21(23)5-4-11-29-24/h4-7,11,15-17,25,27H,8-10,12-14H2,1-3,36H3,(H,30,32)/t25-,27?/m0/s1. The number of likely N-dealkylation sites (N-methyl/N-ethyl adjacent to an activating group) is 1. The Kier molecular flexibility index (Phi) is 7.01. The van der Waals surface area contributed by atoms with E-state index in [4.69, 9.17) is 14.2 Å². The Balaban J connectivity index is 1.39. The van der Waals surface area contributed by atoms with Crippen molar-refractivity contribution in [3.05, 3.63) is 65.4 Å². The maximum Gasteiger partial charge on any atom is 0.252 e. The van der Waals surface area contributed by atoms with Gasteiger partial charge in [-0.25, -0.2) is 0 Å². The summed E-state index contributed by atoms with van der Waals surface area (Å²) < 4.78 is 17.3. The first kappa shape index (κ1) is 24.7. The second-order valence-electron chi connectivity index (χ2n) is 10.1. The number of ether oxygens (including phenoxy) is 3. The fraction of sp³-hybridized carbons (Fsp3) is 0.429. The third-order valence-corrected chi connectivity index (χ3v) is 8.54. The largest absolute Gasteiger partial charge is 0.494 e. The highest BCUT2D eigenvalue weighted by Crippen LogP contribution is 2.49. The molecule has 36 heavy (non-hydrogen) atoms. The second kappa shape index (κ2) is 10.2. The number of aryl methyl sites for hydroxylation is 1. The van der Waals surface area contributed by atoms with Crippen molar-refractivity contribution in [3.8, 4) is 11.5 Å². The molecule has 0 spiro atoms. The van der Waals surface area contributed by atoms with Gasteiger partial charge in [-0.15, -0.1) is 0 Å². The Morgan fingerprint density at radius 2 is 2.06 bits per heavy atom. The number of hydrogen-bond donors (Lipinski definition) is 1. The lowest BCUT2D eigenvalue weighted by Gasteiger charge is -2.41. The normalized spacial score (nSPS) is 19.5. The first-order chi connectivity index (χ1) is 17.4.